The first-order valence-corrected chi connectivity index (χ1v) is 7.01. The Labute approximate surface area is 127 Å². The fraction of sp³-hybridized carbons (Fsp3) is 0.188. The molecule has 0 radical (unpaired) electrons. The number of para-hydroxylation sites is 1. The first kappa shape index (κ1) is 14.1. The highest BCUT2D eigenvalue weighted by molar-refractivity contribution is 5.78. The number of nitrogens with one attached hydrogen (secondary N) is 1. The number of aromatic nitrogens is 3. The largest absolute Gasteiger partial charge is 0.364 e. The third-order valence-corrected chi connectivity index (χ3v) is 3.36. The van der Waals surface area contributed by atoms with Gasteiger partial charge in [0.15, 0.2) is 0 Å². The van der Waals surface area contributed by atoms with Gasteiger partial charge in [0, 0.05) is 18.5 Å². The smallest absolute Gasteiger partial charge is 0.226 e. The maximum Gasteiger partial charge on any atom is 0.226 e. The van der Waals surface area contributed by atoms with E-state index < -0.39 is 0 Å². The van der Waals surface area contributed by atoms with Crippen LogP contribution in [-0.4, -0.2) is 20.8 Å². The molecule has 112 valence electrons. The number of nitrogens with zero attached hydrogens (tertiary/aromatic N) is 3. The third kappa shape index (κ3) is 3.06. The SMILES string of the molecule is C[C@@H](NC(=O)Cc1ccon1)c1ccccc1-n1cccn1. The molecule has 1 amide bonds. The molecule has 6 nitrogen and oxygen atoms in total. The Morgan fingerprint density at radius 2 is 2.18 bits per heavy atom. The molecular weight excluding hydrogens is 280 g/mol. The molecule has 0 unspecified atom stereocenters. The first-order chi connectivity index (χ1) is 10.7. The highest BCUT2D eigenvalue weighted by atomic mass is 16.5. The second kappa shape index (κ2) is 6.26. The van der Waals surface area contributed by atoms with Gasteiger partial charge in [0.1, 0.15) is 6.26 Å². The molecule has 22 heavy (non-hydrogen) atoms. The van der Waals surface area contributed by atoms with Crippen molar-refractivity contribution < 1.29 is 9.32 Å². The van der Waals surface area contributed by atoms with E-state index >= 15 is 0 Å². The van der Waals surface area contributed by atoms with Crippen molar-refractivity contribution in [2.24, 2.45) is 0 Å². The minimum absolute atomic E-state index is 0.100. The molecule has 1 atom stereocenters. The number of carbonyl (C=O) groups is 1. The Bertz CT molecular complexity index is 735. The lowest BCUT2D eigenvalue weighted by Crippen LogP contribution is -2.28. The summed E-state index contributed by atoms with van der Waals surface area (Å²) in [5, 5.41) is 11.0. The van der Waals surface area contributed by atoms with Crippen molar-refractivity contribution in [1.29, 1.82) is 0 Å². The van der Waals surface area contributed by atoms with Crippen LogP contribution in [0.4, 0.5) is 0 Å². The Kier molecular flexibility index (Phi) is 4.00. The van der Waals surface area contributed by atoms with Crippen LogP contribution in [0.5, 0.6) is 0 Å². The predicted octanol–water partition coefficient (Wildman–Crippen LogP) is 2.28. The Morgan fingerprint density at radius 1 is 1.32 bits per heavy atom. The quantitative estimate of drug-likeness (QED) is 0.784. The van der Waals surface area contributed by atoms with Crippen molar-refractivity contribution in [3.05, 3.63) is 66.3 Å². The average molecular weight is 296 g/mol. The van der Waals surface area contributed by atoms with Crippen LogP contribution in [0, 0.1) is 0 Å². The van der Waals surface area contributed by atoms with Gasteiger partial charge in [-0.25, -0.2) is 4.68 Å². The van der Waals surface area contributed by atoms with E-state index in [1.165, 1.54) is 6.26 Å². The third-order valence-electron chi connectivity index (χ3n) is 3.36. The summed E-state index contributed by atoms with van der Waals surface area (Å²) in [4.78, 5) is 12.1. The van der Waals surface area contributed by atoms with Crippen LogP contribution in [0.2, 0.25) is 0 Å². The van der Waals surface area contributed by atoms with Crippen molar-refractivity contribution >= 4 is 5.91 Å². The van der Waals surface area contributed by atoms with Gasteiger partial charge in [-0.15, -0.1) is 0 Å². The molecule has 0 aliphatic rings. The number of amides is 1. The van der Waals surface area contributed by atoms with E-state index in [0.717, 1.165) is 11.3 Å². The van der Waals surface area contributed by atoms with Crippen LogP contribution < -0.4 is 5.32 Å². The Morgan fingerprint density at radius 3 is 2.91 bits per heavy atom. The minimum Gasteiger partial charge on any atom is -0.364 e. The van der Waals surface area contributed by atoms with Crippen molar-refractivity contribution in [1.82, 2.24) is 20.3 Å². The maximum absolute atomic E-state index is 12.1. The van der Waals surface area contributed by atoms with Crippen molar-refractivity contribution in [3.63, 3.8) is 0 Å². The minimum atomic E-state index is -0.139. The standard InChI is InChI=1S/C16H16N4O2/c1-12(18-16(21)11-13-7-10-22-19-13)14-5-2-3-6-15(14)20-9-4-8-17-20/h2-10,12H,11H2,1H3,(H,18,21)/t12-/m1/s1. The average Bonchev–Trinajstić information content (AvgIpc) is 3.20. The normalized spacial score (nSPS) is 12.0. The van der Waals surface area contributed by atoms with Gasteiger partial charge in [0.05, 0.1) is 23.8 Å². The lowest BCUT2D eigenvalue weighted by atomic mass is 10.1. The second-order valence-electron chi connectivity index (χ2n) is 4.97. The summed E-state index contributed by atoms with van der Waals surface area (Å²) in [6.07, 6.45) is 5.26. The van der Waals surface area contributed by atoms with Crippen LogP contribution in [0.1, 0.15) is 24.2 Å². The maximum atomic E-state index is 12.1. The van der Waals surface area contributed by atoms with E-state index in [0.29, 0.717) is 5.69 Å². The van der Waals surface area contributed by atoms with E-state index in [1.807, 2.05) is 43.5 Å². The molecule has 0 aliphatic carbocycles. The zero-order valence-electron chi connectivity index (χ0n) is 12.1. The van der Waals surface area contributed by atoms with Gasteiger partial charge in [0.2, 0.25) is 5.91 Å². The van der Waals surface area contributed by atoms with E-state index in [9.17, 15) is 4.79 Å². The topological polar surface area (TPSA) is 73.0 Å². The van der Waals surface area contributed by atoms with Gasteiger partial charge in [-0.2, -0.15) is 5.10 Å². The number of hydrogen-bond acceptors (Lipinski definition) is 4. The molecule has 6 heteroatoms. The first-order valence-electron chi connectivity index (χ1n) is 7.01. The Hall–Kier alpha value is -2.89. The molecule has 3 aromatic rings. The van der Waals surface area contributed by atoms with E-state index in [-0.39, 0.29) is 18.4 Å². The number of carbonyl (C=O) groups excluding carboxylic acids is 1. The predicted molar refractivity (Wildman–Crippen MR) is 80.3 cm³/mol. The summed E-state index contributed by atoms with van der Waals surface area (Å²) in [6, 6.07) is 11.3. The van der Waals surface area contributed by atoms with E-state index in [2.05, 4.69) is 15.6 Å². The molecule has 1 N–H and O–H groups in total. The summed E-state index contributed by atoms with van der Waals surface area (Å²) < 4.78 is 6.52. The zero-order chi connectivity index (χ0) is 15.4. The molecule has 0 saturated carbocycles. The molecule has 2 heterocycles. The van der Waals surface area contributed by atoms with Gasteiger partial charge in [-0.1, -0.05) is 23.4 Å². The van der Waals surface area contributed by atoms with Crippen LogP contribution in [0.3, 0.4) is 0 Å². The lowest BCUT2D eigenvalue weighted by Gasteiger charge is -2.17. The molecular formula is C16H16N4O2. The highest BCUT2D eigenvalue weighted by Crippen LogP contribution is 2.21. The van der Waals surface area contributed by atoms with Crippen LogP contribution >= 0.6 is 0 Å². The van der Waals surface area contributed by atoms with Crippen LogP contribution in [-0.2, 0) is 11.2 Å². The molecule has 0 spiro atoms. The summed E-state index contributed by atoms with van der Waals surface area (Å²) >= 11 is 0. The van der Waals surface area contributed by atoms with Gasteiger partial charge in [-0.05, 0) is 24.6 Å². The number of rotatable bonds is 5. The van der Waals surface area contributed by atoms with Gasteiger partial charge >= 0.3 is 0 Å². The fourth-order valence-corrected chi connectivity index (χ4v) is 2.34. The number of hydrogen-bond donors (Lipinski definition) is 1. The van der Waals surface area contributed by atoms with Gasteiger partial charge in [0.25, 0.3) is 0 Å². The monoisotopic (exact) mass is 296 g/mol. The van der Waals surface area contributed by atoms with E-state index in [1.54, 1.807) is 16.9 Å². The van der Waals surface area contributed by atoms with Crippen molar-refractivity contribution in [2.75, 3.05) is 0 Å². The summed E-state index contributed by atoms with van der Waals surface area (Å²) in [5.74, 6) is -0.100. The van der Waals surface area contributed by atoms with Gasteiger partial charge < -0.3 is 9.84 Å². The second-order valence-corrected chi connectivity index (χ2v) is 4.97. The molecule has 3 rings (SSSR count). The summed E-state index contributed by atoms with van der Waals surface area (Å²) in [7, 11) is 0. The zero-order valence-corrected chi connectivity index (χ0v) is 12.1. The fourth-order valence-electron chi connectivity index (χ4n) is 2.34. The van der Waals surface area contributed by atoms with Crippen LogP contribution in [0.15, 0.2) is 59.6 Å². The van der Waals surface area contributed by atoms with Crippen LogP contribution in [0.25, 0.3) is 5.69 Å². The van der Waals surface area contributed by atoms with Crippen molar-refractivity contribution in [3.8, 4) is 5.69 Å². The highest BCUT2D eigenvalue weighted by Gasteiger charge is 2.15. The molecule has 2 aromatic heterocycles. The van der Waals surface area contributed by atoms with Gasteiger partial charge in [-0.3, -0.25) is 4.79 Å². The van der Waals surface area contributed by atoms with Crippen molar-refractivity contribution in [2.45, 2.75) is 19.4 Å². The molecule has 0 fully saturated rings. The molecule has 0 saturated heterocycles. The molecule has 0 bridgehead atoms. The lowest BCUT2D eigenvalue weighted by molar-refractivity contribution is -0.121. The molecule has 0 aliphatic heterocycles. The summed E-state index contributed by atoms with van der Waals surface area (Å²) in [5.41, 5.74) is 2.56. The molecule has 1 aromatic carbocycles. The van der Waals surface area contributed by atoms with E-state index in [4.69, 9.17) is 4.52 Å². The summed E-state index contributed by atoms with van der Waals surface area (Å²) in [6.45, 7) is 1.95. The number of benzene rings is 1. The Balaban J connectivity index is 1.75.